The van der Waals surface area contributed by atoms with Gasteiger partial charge in [0.2, 0.25) is 5.91 Å². The van der Waals surface area contributed by atoms with Crippen molar-refractivity contribution < 1.29 is 9.59 Å². The third kappa shape index (κ3) is 4.70. The van der Waals surface area contributed by atoms with E-state index < -0.39 is 18.0 Å². The number of benzene rings is 1. The maximum absolute atomic E-state index is 11.5. The van der Waals surface area contributed by atoms with Crippen molar-refractivity contribution in [2.45, 2.75) is 25.9 Å². The molecule has 3 amide bonds. The fraction of sp³-hybridized carbons (Fsp3) is 0.333. The molecule has 0 saturated carbocycles. The molecule has 19 heavy (non-hydrogen) atoms. The molecule has 0 bridgehead atoms. The van der Waals surface area contributed by atoms with Crippen LogP contribution >= 0.6 is 23.2 Å². The SMILES string of the molecule is C[C@H](N[C@H](C)c1ccc(Cl)cc1Cl)C(=O)NC(N)=O. The normalized spacial score (nSPS) is 13.7. The van der Waals surface area contributed by atoms with Gasteiger partial charge in [-0.1, -0.05) is 29.3 Å². The van der Waals surface area contributed by atoms with Gasteiger partial charge in [0.1, 0.15) is 0 Å². The highest BCUT2D eigenvalue weighted by Crippen LogP contribution is 2.26. The molecular formula is C12H15Cl2N3O2. The van der Waals surface area contributed by atoms with E-state index in [0.717, 1.165) is 5.56 Å². The maximum atomic E-state index is 11.5. The minimum absolute atomic E-state index is 0.182. The summed E-state index contributed by atoms with van der Waals surface area (Å²) in [6.07, 6.45) is 0. The zero-order chi connectivity index (χ0) is 14.6. The van der Waals surface area contributed by atoms with Crippen molar-refractivity contribution in [1.82, 2.24) is 10.6 Å². The molecule has 0 heterocycles. The number of carbonyl (C=O) groups excluding carboxylic acids is 2. The van der Waals surface area contributed by atoms with Crippen LogP contribution in [0.1, 0.15) is 25.5 Å². The van der Waals surface area contributed by atoms with Gasteiger partial charge in [0.25, 0.3) is 0 Å². The van der Waals surface area contributed by atoms with Crippen molar-refractivity contribution in [3.63, 3.8) is 0 Å². The second kappa shape index (κ2) is 6.75. The van der Waals surface area contributed by atoms with E-state index in [9.17, 15) is 9.59 Å². The molecule has 0 aliphatic heterocycles. The second-order valence-corrected chi connectivity index (χ2v) is 4.97. The van der Waals surface area contributed by atoms with Gasteiger partial charge in [0.05, 0.1) is 6.04 Å². The summed E-state index contributed by atoms with van der Waals surface area (Å²) < 4.78 is 0. The highest BCUT2D eigenvalue weighted by molar-refractivity contribution is 6.35. The van der Waals surface area contributed by atoms with Crippen molar-refractivity contribution >= 4 is 35.1 Å². The van der Waals surface area contributed by atoms with Gasteiger partial charge in [-0.05, 0) is 31.5 Å². The predicted octanol–water partition coefficient (Wildman–Crippen LogP) is 2.23. The summed E-state index contributed by atoms with van der Waals surface area (Å²) in [4.78, 5) is 22.1. The first-order valence-corrected chi connectivity index (χ1v) is 6.38. The van der Waals surface area contributed by atoms with Gasteiger partial charge in [-0.15, -0.1) is 0 Å². The van der Waals surface area contributed by atoms with Crippen LogP contribution in [0.25, 0.3) is 0 Å². The van der Waals surface area contributed by atoms with Crippen molar-refractivity contribution in [3.05, 3.63) is 33.8 Å². The standard InChI is InChI=1S/C12H15Cl2N3O2/c1-6(9-4-3-8(13)5-10(9)14)16-7(2)11(18)17-12(15)19/h3-7,16H,1-2H3,(H3,15,17,18,19)/t6-,7+/m1/s1. The fourth-order valence-electron chi connectivity index (χ4n) is 1.62. The Morgan fingerprint density at radius 1 is 1.26 bits per heavy atom. The summed E-state index contributed by atoms with van der Waals surface area (Å²) in [5.41, 5.74) is 5.69. The Hall–Kier alpha value is -1.30. The first-order chi connectivity index (χ1) is 8.81. The zero-order valence-electron chi connectivity index (χ0n) is 10.5. The van der Waals surface area contributed by atoms with Crippen LogP contribution in [-0.4, -0.2) is 18.0 Å². The summed E-state index contributed by atoms with van der Waals surface area (Å²) >= 11 is 11.9. The average molecular weight is 304 g/mol. The Kier molecular flexibility index (Phi) is 5.60. The number of amides is 3. The second-order valence-electron chi connectivity index (χ2n) is 4.13. The minimum Gasteiger partial charge on any atom is -0.351 e. The van der Waals surface area contributed by atoms with Crippen LogP contribution in [0, 0.1) is 0 Å². The van der Waals surface area contributed by atoms with Gasteiger partial charge >= 0.3 is 6.03 Å². The van der Waals surface area contributed by atoms with Gasteiger partial charge in [-0.2, -0.15) is 0 Å². The van der Waals surface area contributed by atoms with E-state index in [-0.39, 0.29) is 6.04 Å². The van der Waals surface area contributed by atoms with Gasteiger partial charge in [-0.25, -0.2) is 4.79 Å². The maximum Gasteiger partial charge on any atom is 0.318 e. The molecule has 0 aliphatic rings. The lowest BCUT2D eigenvalue weighted by atomic mass is 10.1. The molecule has 1 aromatic carbocycles. The van der Waals surface area contributed by atoms with Crippen LogP contribution in [0.2, 0.25) is 10.0 Å². The molecule has 2 atom stereocenters. The average Bonchev–Trinajstić information content (AvgIpc) is 2.27. The van der Waals surface area contributed by atoms with E-state index in [1.54, 1.807) is 25.1 Å². The minimum atomic E-state index is -0.879. The van der Waals surface area contributed by atoms with Crippen LogP contribution in [0.15, 0.2) is 18.2 Å². The van der Waals surface area contributed by atoms with Crippen LogP contribution in [0.3, 0.4) is 0 Å². The number of rotatable bonds is 4. The number of nitrogens with two attached hydrogens (primary N) is 1. The van der Waals surface area contributed by atoms with E-state index in [4.69, 9.17) is 28.9 Å². The molecule has 0 saturated heterocycles. The Bertz CT molecular complexity index is 494. The van der Waals surface area contributed by atoms with Crippen LogP contribution in [0.5, 0.6) is 0 Å². The van der Waals surface area contributed by atoms with Gasteiger partial charge in [-0.3, -0.25) is 15.4 Å². The molecule has 1 rings (SSSR count). The van der Waals surface area contributed by atoms with Crippen LogP contribution in [0.4, 0.5) is 4.79 Å². The van der Waals surface area contributed by atoms with E-state index >= 15 is 0 Å². The number of urea groups is 1. The Morgan fingerprint density at radius 2 is 1.89 bits per heavy atom. The molecular weight excluding hydrogens is 289 g/mol. The fourth-order valence-corrected chi connectivity index (χ4v) is 2.19. The number of imide groups is 1. The van der Waals surface area contributed by atoms with Crippen molar-refractivity contribution in [3.8, 4) is 0 Å². The van der Waals surface area contributed by atoms with Crippen molar-refractivity contribution in [2.75, 3.05) is 0 Å². The van der Waals surface area contributed by atoms with E-state index in [1.807, 2.05) is 12.2 Å². The number of halogens is 2. The molecule has 7 heteroatoms. The molecule has 104 valence electrons. The van der Waals surface area contributed by atoms with Crippen LogP contribution in [-0.2, 0) is 4.79 Å². The van der Waals surface area contributed by atoms with E-state index in [2.05, 4.69) is 5.32 Å². The molecule has 0 spiro atoms. The number of hydrogen-bond acceptors (Lipinski definition) is 3. The highest BCUT2D eigenvalue weighted by atomic mass is 35.5. The lowest BCUT2D eigenvalue weighted by Crippen LogP contribution is -2.47. The summed E-state index contributed by atoms with van der Waals surface area (Å²) in [5, 5.41) is 6.07. The number of carbonyl (C=O) groups is 2. The smallest absolute Gasteiger partial charge is 0.318 e. The van der Waals surface area contributed by atoms with E-state index in [0.29, 0.717) is 10.0 Å². The Balaban J connectivity index is 2.71. The molecule has 5 nitrogen and oxygen atoms in total. The van der Waals surface area contributed by atoms with Gasteiger partial charge in [0.15, 0.2) is 0 Å². The molecule has 0 unspecified atom stereocenters. The van der Waals surface area contributed by atoms with Crippen molar-refractivity contribution in [1.29, 1.82) is 0 Å². The topological polar surface area (TPSA) is 84.2 Å². The molecule has 0 aliphatic carbocycles. The zero-order valence-corrected chi connectivity index (χ0v) is 12.0. The first-order valence-electron chi connectivity index (χ1n) is 5.62. The highest BCUT2D eigenvalue weighted by Gasteiger charge is 2.18. The van der Waals surface area contributed by atoms with Crippen molar-refractivity contribution in [2.24, 2.45) is 5.73 Å². The largest absolute Gasteiger partial charge is 0.351 e. The Morgan fingerprint density at radius 3 is 2.42 bits per heavy atom. The predicted molar refractivity (Wildman–Crippen MR) is 75.2 cm³/mol. The number of primary amides is 1. The Labute approximate surface area is 121 Å². The number of nitrogens with one attached hydrogen (secondary N) is 2. The third-order valence-electron chi connectivity index (χ3n) is 2.57. The van der Waals surface area contributed by atoms with E-state index in [1.165, 1.54) is 0 Å². The molecule has 0 fully saturated rings. The monoisotopic (exact) mass is 303 g/mol. The van der Waals surface area contributed by atoms with Gasteiger partial charge < -0.3 is 5.73 Å². The van der Waals surface area contributed by atoms with Crippen LogP contribution < -0.4 is 16.4 Å². The summed E-state index contributed by atoms with van der Waals surface area (Å²) in [5.74, 6) is -0.496. The first kappa shape index (κ1) is 15.8. The summed E-state index contributed by atoms with van der Waals surface area (Å²) in [6, 6.07) is 3.48. The molecule has 1 aromatic rings. The molecule has 0 radical (unpaired) electrons. The summed E-state index contributed by atoms with van der Waals surface area (Å²) in [7, 11) is 0. The van der Waals surface area contributed by atoms with Gasteiger partial charge in [0, 0.05) is 16.1 Å². The molecule has 4 N–H and O–H groups in total. The third-order valence-corrected chi connectivity index (χ3v) is 3.13. The summed E-state index contributed by atoms with van der Waals surface area (Å²) in [6.45, 7) is 3.47. The molecule has 0 aromatic heterocycles. The lowest BCUT2D eigenvalue weighted by Gasteiger charge is -2.20. The quantitative estimate of drug-likeness (QED) is 0.797. The lowest BCUT2D eigenvalue weighted by molar-refractivity contribution is -0.121. The number of hydrogen-bond donors (Lipinski definition) is 3.